The molecule has 5 rings (SSSR count). The van der Waals surface area contributed by atoms with E-state index in [0.717, 1.165) is 28.9 Å². The van der Waals surface area contributed by atoms with Crippen molar-refractivity contribution in [3.05, 3.63) is 71.4 Å². The van der Waals surface area contributed by atoms with Crippen molar-refractivity contribution in [2.45, 2.75) is 38.9 Å². The topological polar surface area (TPSA) is 68.4 Å². The summed E-state index contributed by atoms with van der Waals surface area (Å²) in [5, 5.41) is 3.94. The lowest BCUT2D eigenvalue weighted by atomic mass is 9.99. The zero-order valence-corrected chi connectivity index (χ0v) is 20.4. The van der Waals surface area contributed by atoms with Crippen LogP contribution < -0.4 is 5.32 Å². The van der Waals surface area contributed by atoms with E-state index in [1.165, 1.54) is 31.5 Å². The van der Waals surface area contributed by atoms with E-state index in [1.807, 2.05) is 24.3 Å². The Labute approximate surface area is 205 Å². The van der Waals surface area contributed by atoms with Gasteiger partial charge in [0.05, 0.1) is 11.4 Å². The molecule has 34 heavy (non-hydrogen) atoms. The number of nitrogens with zero attached hydrogens (tertiary/aromatic N) is 2. The number of carbonyl (C=O) groups excluding carboxylic acids is 2. The minimum Gasteiger partial charge on any atom is -0.360 e. The number of aromatic amines is 1. The van der Waals surface area contributed by atoms with E-state index in [9.17, 15) is 9.59 Å². The predicted octanol–water partition coefficient (Wildman–Crippen LogP) is 4.23. The second kappa shape index (κ2) is 10.2. The van der Waals surface area contributed by atoms with Crippen LogP contribution in [-0.2, 0) is 17.9 Å². The molecule has 2 aliphatic rings. The maximum atomic E-state index is 13.2. The molecule has 6 nitrogen and oxygen atoms in total. The van der Waals surface area contributed by atoms with Crippen LogP contribution in [0.3, 0.4) is 0 Å². The second-order valence-corrected chi connectivity index (χ2v) is 10.6. The van der Waals surface area contributed by atoms with Gasteiger partial charge in [-0.1, -0.05) is 49.4 Å². The number of para-hydroxylation sites is 1. The van der Waals surface area contributed by atoms with Crippen molar-refractivity contribution in [1.29, 1.82) is 0 Å². The van der Waals surface area contributed by atoms with Crippen molar-refractivity contribution in [3.63, 3.8) is 0 Å². The van der Waals surface area contributed by atoms with Gasteiger partial charge in [-0.15, -0.1) is 11.8 Å². The molecule has 2 N–H and O–H groups in total. The molecule has 2 fully saturated rings. The Bertz CT molecular complexity index is 1160. The normalized spacial score (nSPS) is 21.1. The van der Waals surface area contributed by atoms with E-state index < -0.39 is 6.04 Å². The zero-order chi connectivity index (χ0) is 23.5. The molecule has 0 spiro atoms. The molecule has 2 atom stereocenters. The molecule has 178 valence electrons. The van der Waals surface area contributed by atoms with Gasteiger partial charge in [0.25, 0.3) is 5.91 Å². The van der Waals surface area contributed by atoms with Crippen molar-refractivity contribution in [2.75, 3.05) is 24.7 Å². The predicted molar refractivity (Wildman–Crippen MR) is 138 cm³/mol. The molecule has 2 unspecified atom stereocenters. The van der Waals surface area contributed by atoms with Crippen molar-refractivity contribution in [3.8, 4) is 0 Å². The Morgan fingerprint density at radius 3 is 2.74 bits per heavy atom. The van der Waals surface area contributed by atoms with Crippen LogP contribution in [0.2, 0.25) is 0 Å². The average Bonchev–Trinajstić information content (AvgIpc) is 3.51. The van der Waals surface area contributed by atoms with Gasteiger partial charge in [-0.3, -0.25) is 14.5 Å². The van der Waals surface area contributed by atoms with Gasteiger partial charge in [-0.2, -0.15) is 0 Å². The molecule has 2 aliphatic heterocycles. The number of H-pyrrole nitrogens is 1. The molecule has 7 heteroatoms. The first-order valence-electron chi connectivity index (χ1n) is 12.1. The van der Waals surface area contributed by atoms with Crippen molar-refractivity contribution in [2.24, 2.45) is 5.92 Å². The van der Waals surface area contributed by atoms with E-state index >= 15 is 0 Å². The van der Waals surface area contributed by atoms with E-state index in [0.29, 0.717) is 23.7 Å². The van der Waals surface area contributed by atoms with Gasteiger partial charge in [0.1, 0.15) is 6.04 Å². The Morgan fingerprint density at radius 2 is 1.91 bits per heavy atom. The maximum Gasteiger partial charge on any atom is 0.257 e. The third-order valence-electron chi connectivity index (χ3n) is 6.90. The van der Waals surface area contributed by atoms with E-state index in [4.69, 9.17) is 0 Å². The highest BCUT2D eigenvalue weighted by molar-refractivity contribution is 7.99. The molecule has 2 saturated heterocycles. The minimum atomic E-state index is -0.452. The number of benzene rings is 2. The standard InChI is InChI=1S/C27H32N4O2S/c1-19-5-4-12-30(15-19)16-21-10-8-20(9-11-21)13-29-26(32)25-17-34-18-31(25)27(33)23-14-28-24-7-3-2-6-22(23)24/h2-3,6-11,14,19,25,28H,4-5,12-13,15-18H2,1H3,(H,29,32). The Morgan fingerprint density at radius 1 is 1.12 bits per heavy atom. The van der Waals surface area contributed by atoms with Crippen LogP contribution in [0.1, 0.15) is 41.3 Å². The van der Waals surface area contributed by atoms with Crippen molar-refractivity contribution in [1.82, 2.24) is 20.1 Å². The minimum absolute atomic E-state index is 0.0930. The molecule has 0 bridgehead atoms. The number of nitrogens with one attached hydrogen (secondary N) is 2. The number of hydrogen-bond acceptors (Lipinski definition) is 4. The third kappa shape index (κ3) is 5.00. The van der Waals surface area contributed by atoms with Gasteiger partial charge in [-0.25, -0.2) is 0 Å². The van der Waals surface area contributed by atoms with Gasteiger partial charge in [0.2, 0.25) is 5.91 Å². The van der Waals surface area contributed by atoms with Gasteiger partial charge in [0.15, 0.2) is 0 Å². The van der Waals surface area contributed by atoms with Gasteiger partial charge < -0.3 is 15.2 Å². The number of carbonyl (C=O) groups is 2. The van der Waals surface area contributed by atoms with Crippen LogP contribution in [0.5, 0.6) is 0 Å². The lowest BCUT2D eigenvalue weighted by Gasteiger charge is -2.30. The average molecular weight is 477 g/mol. The van der Waals surface area contributed by atoms with Crippen LogP contribution in [0.4, 0.5) is 0 Å². The lowest BCUT2D eigenvalue weighted by molar-refractivity contribution is -0.124. The summed E-state index contributed by atoms with van der Waals surface area (Å²) in [5.41, 5.74) is 3.93. The highest BCUT2D eigenvalue weighted by Crippen LogP contribution is 2.26. The molecule has 3 aromatic rings. The van der Waals surface area contributed by atoms with Crippen LogP contribution in [0, 0.1) is 5.92 Å². The summed E-state index contributed by atoms with van der Waals surface area (Å²) >= 11 is 1.62. The quantitative estimate of drug-likeness (QED) is 0.559. The van der Waals surface area contributed by atoms with Crippen molar-refractivity contribution < 1.29 is 9.59 Å². The fraction of sp³-hybridized carbons (Fsp3) is 0.407. The zero-order valence-electron chi connectivity index (χ0n) is 19.6. The summed E-state index contributed by atoms with van der Waals surface area (Å²) in [4.78, 5) is 33.6. The lowest BCUT2D eigenvalue weighted by Crippen LogP contribution is -2.47. The second-order valence-electron chi connectivity index (χ2n) is 9.56. The van der Waals surface area contributed by atoms with Crippen LogP contribution in [-0.4, -0.2) is 57.4 Å². The highest BCUT2D eigenvalue weighted by Gasteiger charge is 2.35. The molecule has 0 radical (unpaired) electrons. The number of aromatic nitrogens is 1. The smallest absolute Gasteiger partial charge is 0.257 e. The fourth-order valence-corrected chi connectivity index (χ4v) is 6.18. The number of fused-ring (bicyclic) bond motifs is 1. The number of hydrogen-bond donors (Lipinski definition) is 2. The summed E-state index contributed by atoms with van der Waals surface area (Å²) in [6.45, 7) is 6.13. The Hall–Kier alpha value is -2.77. The van der Waals surface area contributed by atoms with Crippen molar-refractivity contribution >= 4 is 34.5 Å². The van der Waals surface area contributed by atoms with Crippen LogP contribution in [0.15, 0.2) is 54.7 Å². The molecular weight excluding hydrogens is 444 g/mol. The molecule has 3 heterocycles. The highest BCUT2D eigenvalue weighted by atomic mass is 32.2. The summed E-state index contributed by atoms with van der Waals surface area (Å²) in [5.74, 6) is 1.73. The molecule has 0 aliphatic carbocycles. The number of amides is 2. The summed E-state index contributed by atoms with van der Waals surface area (Å²) < 4.78 is 0. The largest absolute Gasteiger partial charge is 0.360 e. The number of thioether (sulfide) groups is 1. The molecule has 1 aromatic heterocycles. The number of rotatable bonds is 6. The molecule has 0 saturated carbocycles. The Balaban J connectivity index is 1.17. The van der Waals surface area contributed by atoms with Gasteiger partial charge in [-0.05, 0) is 42.5 Å². The van der Waals surface area contributed by atoms with E-state index in [1.54, 1.807) is 22.9 Å². The molecule has 2 aromatic carbocycles. The summed E-state index contributed by atoms with van der Waals surface area (Å²) in [6.07, 6.45) is 4.36. The van der Waals surface area contributed by atoms with E-state index in [-0.39, 0.29) is 11.8 Å². The molecular formula is C27H32N4O2S. The fourth-order valence-electron chi connectivity index (χ4n) is 5.02. The first-order valence-corrected chi connectivity index (χ1v) is 13.3. The van der Waals surface area contributed by atoms with Crippen LogP contribution in [0.25, 0.3) is 10.9 Å². The summed E-state index contributed by atoms with van der Waals surface area (Å²) in [6, 6.07) is 15.8. The first kappa shape index (κ1) is 23.0. The third-order valence-corrected chi connectivity index (χ3v) is 7.91. The maximum absolute atomic E-state index is 13.2. The van der Waals surface area contributed by atoms with E-state index in [2.05, 4.69) is 46.4 Å². The first-order chi connectivity index (χ1) is 16.6. The number of likely N-dealkylation sites (tertiary alicyclic amines) is 1. The van der Waals surface area contributed by atoms with Crippen LogP contribution >= 0.6 is 11.8 Å². The SMILES string of the molecule is CC1CCCN(Cc2ccc(CNC(=O)C3CSCN3C(=O)c3c[nH]c4ccccc34)cc2)C1. The van der Waals surface area contributed by atoms with Gasteiger partial charge in [0, 0.05) is 42.5 Å². The summed E-state index contributed by atoms with van der Waals surface area (Å²) in [7, 11) is 0. The van der Waals surface area contributed by atoms with Gasteiger partial charge >= 0.3 is 0 Å². The monoisotopic (exact) mass is 476 g/mol. The molecule has 2 amide bonds. The number of piperidine rings is 1. The Kier molecular flexibility index (Phi) is 6.92.